The number of carboxylic acids is 1. The molecule has 0 aromatic rings. The molecule has 114 valence electrons. The van der Waals surface area contributed by atoms with Crippen molar-refractivity contribution in [3.63, 3.8) is 0 Å². The first-order valence-electron chi connectivity index (χ1n) is 7.65. The Labute approximate surface area is 120 Å². The number of carbonyl (C=O) groups excluding carboxylic acids is 1. The minimum absolute atomic E-state index is 0.0960. The molecule has 5 nitrogen and oxygen atoms in total. The standard InChI is InChI=1S/C15H25NO4/c1-3-20-13(19)15(16-11(2)12(17)18)10-9-14(15)7-5-4-6-8-14/h11,16H,3-10H2,1-2H3,(H,17,18). The number of hydrogen-bond donors (Lipinski definition) is 2. The van der Waals surface area contributed by atoms with Gasteiger partial charge in [-0.3, -0.25) is 14.9 Å². The summed E-state index contributed by atoms with van der Waals surface area (Å²) in [5.74, 6) is -1.19. The summed E-state index contributed by atoms with van der Waals surface area (Å²) in [6, 6.07) is -0.737. The minimum atomic E-state index is -0.925. The van der Waals surface area contributed by atoms with Crippen molar-refractivity contribution in [2.75, 3.05) is 6.61 Å². The van der Waals surface area contributed by atoms with E-state index in [9.17, 15) is 9.59 Å². The number of aliphatic carboxylic acids is 1. The van der Waals surface area contributed by atoms with Gasteiger partial charge in [0.1, 0.15) is 11.6 Å². The molecule has 1 spiro atoms. The van der Waals surface area contributed by atoms with Gasteiger partial charge < -0.3 is 9.84 Å². The first kappa shape index (κ1) is 15.3. The van der Waals surface area contributed by atoms with Gasteiger partial charge in [0.25, 0.3) is 0 Å². The van der Waals surface area contributed by atoms with E-state index in [0.717, 1.165) is 32.1 Å². The Morgan fingerprint density at radius 3 is 2.30 bits per heavy atom. The lowest BCUT2D eigenvalue weighted by Crippen LogP contribution is -2.73. The maximum Gasteiger partial charge on any atom is 0.326 e. The fraction of sp³-hybridized carbons (Fsp3) is 0.867. The molecule has 0 aromatic heterocycles. The SMILES string of the molecule is CCOC(=O)C1(NC(C)C(=O)O)CCC12CCCCC2. The molecule has 0 aliphatic heterocycles. The number of ether oxygens (including phenoxy) is 1. The van der Waals surface area contributed by atoms with Crippen LogP contribution >= 0.6 is 0 Å². The van der Waals surface area contributed by atoms with E-state index in [4.69, 9.17) is 9.84 Å². The third-order valence-electron chi connectivity index (χ3n) is 5.15. The maximum atomic E-state index is 12.5. The fourth-order valence-corrected chi connectivity index (χ4v) is 3.92. The number of hydrogen-bond acceptors (Lipinski definition) is 4. The zero-order valence-corrected chi connectivity index (χ0v) is 12.4. The molecule has 2 atom stereocenters. The van der Waals surface area contributed by atoms with Crippen LogP contribution in [0, 0.1) is 5.41 Å². The molecule has 20 heavy (non-hydrogen) atoms. The Bertz CT molecular complexity index is 389. The van der Waals surface area contributed by atoms with Crippen LogP contribution in [0.2, 0.25) is 0 Å². The lowest BCUT2D eigenvalue weighted by atomic mass is 9.49. The third kappa shape index (κ3) is 2.32. The second-order valence-corrected chi connectivity index (χ2v) is 6.17. The van der Waals surface area contributed by atoms with Crippen molar-refractivity contribution in [1.29, 1.82) is 0 Å². The zero-order valence-electron chi connectivity index (χ0n) is 12.4. The van der Waals surface area contributed by atoms with Crippen LogP contribution in [0.1, 0.15) is 58.8 Å². The van der Waals surface area contributed by atoms with Gasteiger partial charge in [-0.2, -0.15) is 0 Å². The molecule has 2 saturated carbocycles. The van der Waals surface area contributed by atoms with Gasteiger partial charge in [0, 0.05) is 0 Å². The van der Waals surface area contributed by atoms with Crippen molar-refractivity contribution in [2.24, 2.45) is 5.41 Å². The third-order valence-corrected chi connectivity index (χ3v) is 5.15. The van der Waals surface area contributed by atoms with Gasteiger partial charge in [-0.15, -0.1) is 0 Å². The summed E-state index contributed by atoms with van der Waals surface area (Å²) < 4.78 is 5.26. The molecule has 0 radical (unpaired) electrons. The molecule has 2 rings (SSSR count). The normalized spacial score (nSPS) is 29.5. The van der Waals surface area contributed by atoms with E-state index in [-0.39, 0.29) is 11.4 Å². The number of carbonyl (C=O) groups is 2. The molecule has 2 unspecified atom stereocenters. The summed E-state index contributed by atoms with van der Waals surface area (Å²) in [6.45, 7) is 3.72. The molecule has 2 aliphatic carbocycles. The molecule has 0 bridgehead atoms. The molecule has 2 N–H and O–H groups in total. The summed E-state index contributed by atoms with van der Waals surface area (Å²) in [4.78, 5) is 23.7. The van der Waals surface area contributed by atoms with Crippen LogP contribution in [0.4, 0.5) is 0 Å². The van der Waals surface area contributed by atoms with E-state index < -0.39 is 17.6 Å². The summed E-state index contributed by atoms with van der Waals surface area (Å²) in [5, 5.41) is 12.2. The van der Waals surface area contributed by atoms with E-state index in [1.165, 1.54) is 6.42 Å². The fourth-order valence-electron chi connectivity index (χ4n) is 3.92. The second-order valence-electron chi connectivity index (χ2n) is 6.17. The first-order chi connectivity index (χ1) is 9.47. The second kappa shape index (κ2) is 5.72. The quantitative estimate of drug-likeness (QED) is 0.756. The number of nitrogens with one attached hydrogen (secondary N) is 1. The molecule has 2 aliphatic rings. The minimum Gasteiger partial charge on any atom is -0.480 e. The number of carboxylic acid groups (broad SMARTS) is 1. The highest BCUT2D eigenvalue weighted by molar-refractivity contribution is 5.85. The van der Waals surface area contributed by atoms with Gasteiger partial charge in [-0.05, 0) is 44.9 Å². The van der Waals surface area contributed by atoms with Crippen LogP contribution in [-0.4, -0.2) is 35.2 Å². The molecule has 0 amide bonds. The van der Waals surface area contributed by atoms with E-state index >= 15 is 0 Å². The highest BCUT2D eigenvalue weighted by Crippen LogP contribution is 2.59. The van der Waals surface area contributed by atoms with E-state index in [2.05, 4.69) is 5.32 Å². The average Bonchev–Trinajstić information content (AvgIpc) is 2.44. The largest absolute Gasteiger partial charge is 0.480 e. The van der Waals surface area contributed by atoms with Crippen LogP contribution in [0.5, 0.6) is 0 Å². The number of rotatable bonds is 5. The van der Waals surface area contributed by atoms with Crippen molar-refractivity contribution in [2.45, 2.75) is 70.4 Å². The monoisotopic (exact) mass is 283 g/mol. The van der Waals surface area contributed by atoms with Gasteiger partial charge in [-0.25, -0.2) is 0 Å². The predicted molar refractivity (Wildman–Crippen MR) is 74.3 cm³/mol. The Hall–Kier alpha value is -1.10. The van der Waals surface area contributed by atoms with Gasteiger partial charge in [0.15, 0.2) is 0 Å². The van der Waals surface area contributed by atoms with Gasteiger partial charge in [0.2, 0.25) is 0 Å². The smallest absolute Gasteiger partial charge is 0.326 e. The van der Waals surface area contributed by atoms with Gasteiger partial charge in [0.05, 0.1) is 6.61 Å². The molecular weight excluding hydrogens is 258 g/mol. The van der Waals surface area contributed by atoms with Crippen molar-refractivity contribution >= 4 is 11.9 Å². The zero-order chi connectivity index (χ0) is 14.8. The topological polar surface area (TPSA) is 75.6 Å². The van der Waals surface area contributed by atoms with E-state index in [0.29, 0.717) is 13.0 Å². The van der Waals surface area contributed by atoms with Gasteiger partial charge >= 0.3 is 11.9 Å². The van der Waals surface area contributed by atoms with Crippen LogP contribution in [0.15, 0.2) is 0 Å². The Balaban J connectivity index is 2.24. The summed E-state index contributed by atoms with van der Waals surface area (Å²) in [6.07, 6.45) is 7.09. The Morgan fingerprint density at radius 2 is 1.85 bits per heavy atom. The summed E-state index contributed by atoms with van der Waals surface area (Å²) in [7, 11) is 0. The molecule has 0 heterocycles. The van der Waals surface area contributed by atoms with Crippen molar-refractivity contribution in [3.05, 3.63) is 0 Å². The van der Waals surface area contributed by atoms with Crippen molar-refractivity contribution < 1.29 is 19.4 Å². The van der Waals surface area contributed by atoms with Gasteiger partial charge in [-0.1, -0.05) is 19.3 Å². The Kier molecular flexibility index (Phi) is 4.37. The maximum absolute atomic E-state index is 12.5. The Morgan fingerprint density at radius 1 is 1.20 bits per heavy atom. The lowest BCUT2D eigenvalue weighted by molar-refractivity contribution is -0.175. The molecular formula is C15H25NO4. The highest BCUT2D eigenvalue weighted by atomic mass is 16.5. The van der Waals surface area contributed by atoms with Crippen molar-refractivity contribution in [3.8, 4) is 0 Å². The lowest BCUT2D eigenvalue weighted by Gasteiger charge is -2.60. The van der Waals surface area contributed by atoms with E-state index in [1.54, 1.807) is 13.8 Å². The van der Waals surface area contributed by atoms with E-state index in [1.807, 2.05) is 0 Å². The molecule has 2 fully saturated rings. The van der Waals surface area contributed by atoms with Crippen LogP contribution in [-0.2, 0) is 14.3 Å². The highest BCUT2D eigenvalue weighted by Gasteiger charge is 2.64. The summed E-state index contributed by atoms with van der Waals surface area (Å²) in [5.41, 5.74) is -0.886. The average molecular weight is 283 g/mol. The first-order valence-corrected chi connectivity index (χ1v) is 7.65. The van der Waals surface area contributed by atoms with Crippen LogP contribution in [0.3, 0.4) is 0 Å². The summed E-state index contributed by atoms with van der Waals surface area (Å²) >= 11 is 0. The van der Waals surface area contributed by atoms with Crippen molar-refractivity contribution in [1.82, 2.24) is 5.32 Å². The van der Waals surface area contributed by atoms with Crippen LogP contribution in [0.25, 0.3) is 0 Å². The molecule has 0 saturated heterocycles. The molecule has 5 heteroatoms. The predicted octanol–water partition coefficient (Wildman–Crippen LogP) is 2.10. The number of esters is 1. The van der Waals surface area contributed by atoms with Crippen LogP contribution < -0.4 is 5.32 Å². The molecule has 0 aromatic carbocycles.